The number of rotatable bonds is 6. The number of ether oxygens (including phenoxy) is 1. The van der Waals surface area contributed by atoms with Gasteiger partial charge in [0.15, 0.2) is 5.82 Å². The maximum absolute atomic E-state index is 5.44. The Morgan fingerprint density at radius 3 is 3.18 bits per heavy atom. The molecule has 0 unspecified atom stereocenters. The monoisotopic (exact) mass is 305 g/mol. The summed E-state index contributed by atoms with van der Waals surface area (Å²) in [6.45, 7) is 5.53. The fourth-order valence-electron chi connectivity index (χ4n) is 2.92. The van der Waals surface area contributed by atoms with E-state index in [1.807, 2.05) is 13.1 Å². The van der Waals surface area contributed by atoms with E-state index in [1.165, 1.54) is 0 Å². The second kappa shape index (κ2) is 7.02. The van der Waals surface area contributed by atoms with Crippen molar-refractivity contribution in [2.24, 2.45) is 0 Å². The van der Waals surface area contributed by atoms with E-state index >= 15 is 0 Å². The second-order valence-corrected chi connectivity index (χ2v) is 5.86. The fourth-order valence-corrected chi connectivity index (χ4v) is 2.92. The summed E-state index contributed by atoms with van der Waals surface area (Å²) in [5.74, 6) is 2.78. The van der Waals surface area contributed by atoms with Gasteiger partial charge in [-0.05, 0) is 26.3 Å². The van der Waals surface area contributed by atoms with Crippen LogP contribution in [0, 0.1) is 6.92 Å². The van der Waals surface area contributed by atoms with E-state index in [1.54, 1.807) is 7.11 Å². The molecule has 1 aliphatic heterocycles. The van der Waals surface area contributed by atoms with Crippen LogP contribution in [0.25, 0.3) is 0 Å². The Bertz CT molecular complexity index is 594. The van der Waals surface area contributed by atoms with Gasteiger partial charge in [0.1, 0.15) is 5.82 Å². The minimum absolute atomic E-state index is 0.321. The predicted molar refractivity (Wildman–Crippen MR) is 80.5 cm³/mol. The number of imidazole rings is 1. The summed E-state index contributed by atoms with van der Waals surface area (Å²) >= 11 is 0. The molecule has 3 rings (SSSR count). The number of nitrogens with zero attached hydrogens (tertiary/aromatic N) is 4. The summed E-state index contributed by atoms with van der Waals surface area (Å²) in [6, 6.07) is 0. The molecule has 1 atom stereocenters. The van der Waals surface area contributed by atoms with Crippen LogP contribution in [-0.2, 0) is 17.7 Å². The molecule has 0 radical (unpaired) electrons. The minimum atomic E-state index is 0.321. The van der Waals surface area contributed by atoms with Crippen molar-refractivity contribution >= 4 is 0 Å². The Morgan fingerprint density at radius 2 is 2.41 bits per heavy atom. The van der Waals surface area contributed by atoms with Crippen molar-refractivity contribution < 1.29 is 9.26 Å². The number of aromatic amines is 1. The molecule has 0 aliphatic carbocycles. The number of hydrogen-bond donors (Lipinski definition) is 1. The van der Waals surface area contributed by atoms with Crippen molar-refractivity contribution in [3.8, 4) is 0 Å². The molecule has 7 nitrogen and oxygen atoms in total. The highest BCUT2D eigenvalue weighted by molar-refractivity contribution is 5.02. The summed E-state index contributed by atoms with van der Waals surface area (Å²) < 4.78 is 10.5. The van der Waals surface area contributed by atoms with Gasteiger partial charge in [-0.3, -0.25) is 4.90 Å². The van der Waals surface area contributed by atoms with Gasteiger partial charge < -0.3 is 14.2 Å². The molecular formula is C15H23N5O2. The third-order valence-corrected chi connectivity index (χ3v) is 4.02. The number of aromatic nitrogens is 4. The van der Waals surface area contributed by atoms with Crippen LogP contribution in [0.1, 0.15) is 42.0 Å². The number of aryl methyl sites for hydroxylation is 1. The topological polar surface area (TPSA) is 80.1 Å². The van der Waals surface area contributed by atoms with E-state index in [-0.39, 0.29) is 0 Å². The molecule has 0 saturated carbocycles. The van der Waals surface area contributed by atoms with Gasteiger partial charge in [-0.15, -0.1) is 0 Å². The van der Waals surface area contributed by atoms with E-state index in [4.69, 9.17) is 9.26 Å². The van der Waals surface area contributed by atoms with E-state index in [0.717, 1.165) is 55.7 Å². The number of hydrogen-bond acceptors (Lipinski definition) is 6. The van der Waals surface area contributed by atoms with Crippen molar-refractivity contribution in [3.05, 3.63) is 29.4 Å². The first kappa shape index (κ1) is 15.2. The second-order valence-electron chi connectivity index (χ2n) is 5.86. The van der Waals surface area contributed by atoms with E-state index in [2.05, 4.69) is 25.0 Å². The lowest BCUT2D eigenvalue weighted by Crippen LogP contribution is -2.34. The van der Waals surface area contributed by atoms with Crippen LogP contribution in [0.15, 0.2) is 10.7 Å². The van der Waals surface area contributed by atoms with Crippen molar-refractivity contribution in [1.82, 2.24) is 25.0 Å². The van der Waals surface area contributed by atoms with Gasteiger partial charge >= 0.3 is 0 Å². The molecule has 2 aromatic heterocycles. The number of nitrogens with one attached hydrogen (secondary N) is 1. The maximum Gasteiger partial charge on any atom is 0.231 e. The van der Waals surface area contributed by atoms with Crippen molar-refractivity contribution in [3.63, 3.8) is 0 Å². The van der Waals surface area contributed by atoms with Gasteiger partial charge in [0.25, 0.3) is 0 Å². The first-order valence-corrected chi connectivity index (χ1v) is 7.79. The zero-order chi connectivity index (χ0) is 15.4. The highest BCUT2D eigenvalue weighted by atomic mass is 16.5. The summed E-state index contributed by atoms with van der Waals surface area (Å²) in [6.07, 6.45) is 4.86. The molecule has 1 fully saturated rings. The highest BCUT2D eigenvalue weighted by Crippen LogP contribution is 2.26. The highest BCUT2D eigenvalue weighted by Gasteiger charge is 2.26. The molecule has 1 saturated heterocycles. The number of H-pyrrole nitrogens is 1. The first-order chi connectivity index (χ1) is 10.7. The number of piperidine rings is 1. The van der Waals surface area contributed by atoms with Crippen LogP contribution in [0.5, 0.6) is 0 Å². The average Bonchev–Trinajstić information content (AvgIpc) is 3.15. The Kier molecular flexibility index (Phi) is 4.84. The number of methoxy groups -OCH3 is 1. The zero-order valence-electron chi connectivity index (χ0n) is 13.2. The van der Waals surface area contributed by atoms with Gasteiger partial charge in [-0.25, -0.2) is 4.98 Å². The summed E-state index contributed by atoms with van der Waals surface area (Å²) in [4.78, 5) is 14.5. The molecule has 0 spiro atoms. The summed E-state index contributed by atoms with van der Waals surface area (Å²) in [7, 11) is 1.68. The van der Waals surface area contributed by atoms with E-state index in [9.17, 15) is 0 Å². The molecule has 3 heterocycles. The van der Waals surface area contributed by atoms with Crippen molar-refractivity contribution in [2.75, 3.05) is 26.8 Å². The van der Waals surface area contributed by atoms with Gasteiger partial charge in [0, 0.05) is 38.5 Å². The molecule has 0 amide bonds. The van der Waals surface area contributed by atoms with Crippen LogP contribution in [0.2, 0.25) is 0 Å². The fraction of sp³-hybridized carbons (Fsp3) is 0.667. The van der Waals surface area contributed by atoms with Crippen LogP contribution < -0.4 is 0 Å². The third-order valence-electron chi connectivity index (χ3n) is 4.02. The molecule has 7 heteroatoms. The first-order valence-electron chi connectivity index (χ1n) is 7.79. The predicted octanol–water partition coefficient (Wildman–Crippen LogP) is 1.67. The van der Waals surface area contributed by atoms with Gasteiger partial charge in [-0.1, -0.05) is 5.16 Å². The zero-order valence-corrected chi connectivity index (χ0v) is 13.2. The van der Waals surface area contributed by atoms with Crippen LogP contribution in [0.3, 0.4) is 0 Å². The molecule has 0 bridgehead atoms. The van der Waals surface area contributed by atoms with Gasteiger partial charge in [-0.2, -0.15) is 4.98 Å². The lowest BCUT2D eigenvalue weighted by Gasteiger charge is -2.30. The van der Waals surface area contributed by atoms with Gasteiger partial charge in [0.05, 0.1) is 12.5 Å². The summed E-state index contributed by atoms with van der Waals surface area (Å²) in [5, 5.41) is 4.04. The third kappa shape index (κ3) is 3.72. The molecule has 2 aromatic rings. The Balaban J connectivity index is 1.59. The molecule has 0 aromatic carbocycles. The quantitative estimate of drug-likeness (QED) is 0.874. The van der Waals surface area contributed by atoms with Crippen LogP contribution >= 0.6 is 0 Å². The van der Waals surface area contributed by atoms with Crippen molar-refractivity contribution in [1.29, 1.82) is 0 Å². The van der Waals surface area contributed by atoms with Crippen molar-refractivity contribution in [2.45, 2.75) is 38.6 Å². The lowest BCUT2D eigenvalue weighted by molar-refractivity contribution is 0.178. The van der Waals surface area contributed by atoms with Crippen LogP contribution in [0.4, 0.5) is 0 Å². The molecule has 1 aliphatic rings. The lowest BCUT2D eigenvalue weighted by atomic mass is 9.98. The van der Waals surface area contributed by atoms with E-state index < -0.39 is 0 Å². The SMILES string of the molecule is COCCc1noc([C@@H]2CCCN(Cc3cnc(C)[nH]3)C2)n1. The largest absolute Gasteiger partial charge is 0.384 e. The smallest absolute Gasteiger partial charge is 0.231 e. The maximum atomic E-state index is 5.44. The molecule has 120 valence electrons. The molecule has 22 heavy (non-hydrogen) atoms. The molecule has 1 N–H and O–H groups in total. The Hall–Kier alpha value is -1.73. The standard InChI is InChI=1S/C15H23N5O2/c1-11-16-8-13(17-11)10-20-6-3-4-12(9-20)15-18-14(19-22-15)5-7-21-2/h8,12H,3-7,9-10H2,1-2H3,(H,16,17)/t12-/m1/s1. The Labute approximate surface area is 130 Å². The number of likely N-dealkylation sites (tertiary alicyclic amines) is 1. The molecular weight excluding hydrogens is 282 g/mol. The minimum Gasteiger partial charge on any atom is -0.384 e. The normalized spacial score (nSPS) is 19.6. The summed E-state index contributed by atoms with van der Waals surface area (Å²) in [5.41, 5.74) is 1.16. The van der Waals surface area contributed by atoms with E-state index in [0.29, 0.717) is 18.9 Å². The van der Waals surface area contributed by atoms with Crippen LogP contribution in [-0.4, -0.2) is 51.8 Å². The van der Waals surface area contributed by atoms with Gasteiger partial charge in [0.2, 0.25) is 5.89 Å². The average molecular weight is 305 g/mol. The Morgan fingerprint density at radius 1 is 1.50 bits per heavy atom.